The molecule has 1 aliphatic carbocycles. The second-order valence-corrected chi connectivity index (χ2v) is 4.91. The zero-order valence-electron chi connectivity index (χ0n) is 11.8. The quantitative estimate of drug-likeness (QED) is 0.782. The normalized spacial score (nSPS) is 21.8. The summed E-state index contributed by atoms with van der Waals surface area (Å²) in [5.74, 6) is -0.340. The number of hydrogen-bond donors (Lipinski definition) is 1. The molecule has 0 saturated heterocycles. The molecule has 0 fully saturated rings. The molecule has 2 N–H and O–H groups in total. The van der Waals surface area contributed by atoms with Crippen LogP contribution in [-0.4, -0.2) is 16.5 Å². The predicted octanol–water partition coefficient (Wildman–Crippen LogP) is 1.38. The SMILES string of the molecule is O=C1C=CC(=O)C(N2C=CC(=CC=C3C=CC=C[NH2+]3)C=C2)=C1. The van der Waals surface area contributed by atoms with Crippen LogP contribution in [0.5, 0.6) is 0 Å². The smallest absolute Gasteiger partial charge is 0.202 e. The number of allylic oxidation sites excluding steroid dienone is 11. The highest BCUT2D eigenvalue weighted by Crippen LogP contribution is 2.18. The predicted molar refractivity (Wildman–Crippen MR) is 83.7 cm³/mol. The molecule has 0 bridgehead atoms. The molecule has 0 atom stereocenters. The number of carbonyl (C=O) groups is 2. The van der Waals surface area contributed by atoms with Crippen molar-refractivity contribution in [2.75, 3.05) is 0 Å². The third-order valence-electron chi connectivity index (χ3n) is 3.33. The first-order chi connectivity index (χ1) is 10.7. The van der Waals surface area contributed by atoms with Crippen molar-refractivity contribution >= 4 is 11.6 Å². The van der Waals surface area contributed by atoms with Gasteiger partial charge in [-0.3, -0.25) is 14.9 Å². The first-order valence-electron chi connectivity index (χ1n) is 6.95. The van der Waals surface area contributed by atoms with Gasteiger partial charge in [0.15, 0.2) is 5.78 Å². The Balaban J connectivity index is 1.72. The summed E-state index contributed by atoms with van der Waals surface area (Å²) in [5, 5.41) is 2.03. The van der Waals surface area contributed by atoms with Crippen molar-refractivity contribution in [2.45, 2.75) is 0 Å². The zero-order valence-corrected chi connectivity index (χ0v) is 11.8. The van der Waals surface area contributed by atoms with Crippen molar-refractivity contribution in [1.82, 2.24) is 4.90 Å². The molecule has 0 amide bonds. The third-order valence-corrected chi connectivity index (χ3v) is 3.33. The molecule has 0 aromatic heterocycles. The summed E-state index contributed by atoms with van der Waals surface area (Å²) in [6, 6.07) is 0. The fourth-order valence-corrected chi connectivity index (χ4v) is 2.17. The summed E-state index contributed by atoms with van der Waals surface area (Å²) in [7, 11) is 0. The average molecular weight is 291 g/mol. The fourth-order valence-electron chi connectivity index (χ4n) is 2.17. The van der Waals surface area contributed by atoms with Crippen LogP contribution < -0.4 is 5.32 Å². The lowest BCUT2D eigenvalue weighted by atomic mass is 10.1. The molecule has 3 rings (SSSR count). The topological polar surface area (TPSA) is 54.0 Å². The fraction of sp³-hybridized carbons (Fsp3) is 0. The lowest BCUT2D eigenvalue weighted by Crippen LogP contribution is -2.75. The van der Waals surface area contributed by atoms with E-state index in [1.54, 1.807) is 17.3 Å². The van der Waals surface area contributed by atoms with E-state index in [0.717, 1.165) is 11.3 Å². The van der Waals surface area contributed by atoms with E-state index in [1.165, 1.54) is 18.2 Å². The minimum absolute atomic E-state index is 0.169. The monoisotopic (exact) mass is 291 g/mol. The molecule has 0 radical (unpaired) electrons. The maximum atomic E-state index is 11.8. The van der Waals surface area contributed by atoms with Crippen molar-refractivity contribution in [2.24, 2.45) is 0 Å². The minimum Gasteiger partial charge on any atom is -0.320 e. The molecule has 2 aliphatic heterocycles. The third kappa shape index (κ3) is 3.19. The highest BCUT2D eigenvalue weighted by Gasteiger charge is 2.17. The standard InChI is InChI=1S/C18H14N2O2/c21-16-6-7-18(22)17(13-16)20-11-8-14(9-12-20)4-5-15-3-1-2-10-19-15/h1-13,19H/p+1. The Bertz CT molecular complexity index is 740. The van der Waals surface area contributed by atoms with Crippen LogP contribution in [0.25, 0.3) is 0 Å². The van der Waals surface area contributed by atoms with E-state index in [0.29, 0.717) is 5.70 Å². The second kappa shape index (κ2) is 6.20. The summed E-state index contributed by atoms with van der Waals surface area (Å²) in [5.41, 5.74) is 2.51. The summed E-state index contributed by atoms with van der Waals surface area (Å²) in [6.07, 6.45) is 23.3. The molecule has 2 heterocycles. The molecule has 4 nitrogen and oxygen atoms in total. The van der Waals surface area contributed by atoms with E-state index in [1.807, 2.05) is 54.0 Å². The van der Waals surface area contributed by atoms with Gasteiger partial charge in [-0.25, -0.2) is 0 Å². The number of rotatable bonds is 2. The zero-order chi connectivity index (χ0) is 15.4. The number of quaternary nitrogens is 1. The molecule has 4 heteroatoms. The molecule has 0 aromatic carbocycles. The minimum atomic E-state index is -0.171. The largest absolute Gasteiger partial charge is 0.320 e. The number of hydrogen-bond acceptors (Lipinski definition) is 3. The van der Waals surface area contributed by atoms with E-state index >= 15 is 0 Å². The van der Waals surface area contributed by atoms with Crippen LogP contribution in [-0.2, 0) is 9.59 Å². The molecular weight excluding hydrogens is 276 g/mol. The van der Waals surface area contributed by atoms with Crippen LogP contribution in [0, 0.1) is 0 Å². The summed E-state index contributed by atoms with van der Waals surface area (Å²) < 4.78 is 0. The Kier molecular flexibility index (Phi) is 3.94. The molecule has 3 aliphatic rings. The van der Waals surface area contributed by atoms with Crippen LogP contribution >= 0.6 is 0 Å². The molecular formula is C18H15N2O2+. The molecule has 0 aromatic rings. The summed E-state index contributed by atoms with van der Waals surface area (Å²) >= 11 is 0. The van der Waals surface area contributed by atoms with Gasteiger partial charge < -0.3 is 4.90 Å². The van der Waals surface area contributed by atoms with Crippen LogP contribution in [0.2, 0.25) is 0 Å². The summed E-state index contributed by atoms with van der Waals surface area (Å²) in [4.78, 5) is 24.8. The maximum Gasteiger partial charge on any atom is 0.202 e. The van der Waals surface area contributed by atoms with Gasteiger partial charge in [0.1, 0.15) is 5.70 Å². The number of ketones is 2. The van der Waals surface area contributed by atoms with Gasteiger partial charge in [0.25, 0.3) is 0 Å². The van der Waals surface area contributed by atoms with E-state index in [9.17, 15) is 9.59 Å². The van der Waals surface area contributed by atoms with Crippen molar-refractivity contribution in [3.8, 4) is 0 Å². The first-order valence-corrected chi connectivity index (χ1v) is 6.95. The molecule has 0 saturated carbocycles. The number of nitrogens with two attached hydrogens (primary N) is 1. The van der Waals surface area contributed by atoms with Gasteiger partial charge >= 0.3 is 0 Å². The van der Waals surface area contributed by atoms with E-state index in [4.69, 9.17) is 0 Å². The number of nitrogens with zero attached hydrogens (tertiary/aromatic N) is 1. The first kappa shape index (κ1) is 14.0. The van der Waals surface area contributed by atoms with Gasteiger partial charge in [-0.05, 0) is 54.2 Å². The lowest BCUT2D eigenvalue weighted by Gasteiger charge is -2.21. The van der Waals surface area contributed by atoms with Crippen molar-refractivity contribution in [1.29, 1.82) is 0 Å². The highest BCUT2D eigenvalue weighted by molar-refractivity contribution is 6.17. The molecule has 0 unspecified atom stereocenters. The Morgan fingerprint density at radius 1 is 0.909 bits per heavy atom. The Morgan fingerprint density at radius 2 is 1.73 bits per heavy atom. The van der Waals surface area contributed by atoms with Crippen LogP contribution in [0.1, 0.15) is 0 Å². The molecule has 0 spiro atoms. The molecule has 108 valence electrons. The Morgan fingerprint density at radius 3 is 2.45 bits per heavy atom. The van der Waals surface area contributed by atoms with E-state index in [-0.39, 0.29) is 11.6 Å². The van der Waals surface area contributed by atoms with Gasteiger partial charge in [0, 0.05) is 18.5 Å². The van der Waals surface area contributed by atoms with Crippen molar-refractivity contribution in [3.05, 3.63) is 96.3 Å². The summed E-state index contributed by atoms with van der Waals surface area (Å²) in [6.45, 7) is 0. The molecule has 22 heavy (non-hydrogen) atoms. The van der Waals surface area contributed by atoms with Gasteiger partial charge in [0.2, 0.25) is 5.78 Å². The van der Waals surface area contributed by atoms with Crippen LogP contribution in [0.15, 0.2) is 96.3 Å². The Hall–Kier alpha value is -2.98. The van der Waals surface area contributed by atoms with E-state index < -0.39 is 0 Å². The average Bonchev–Trinajstić information content (AvgIpc) is 2.57. The van der Waals surface area contributed by atoms with Gasteiger partial charge in [-0.1, -0.05) is 6.08 Å². The second-order valence-electron chi connectivity index (χ2n) is 4.91. The highest BCUT2D eigenvalue weighted by atomic mass is 16.1. The van der Waals surface area contributed by atoms with Gasteiger partial charge in [-0.2, -0.15) is 0 Å². The van der Waals surface area contributed by atoms with Gasteiger partial charge in [0.05, 0.1) is 11.9 Å². The maximum absolute atomic E-state index is 11.8. The van der Waals surface area contributed by atoms with Crippen molar-refractivity contribution in [3.63, 3.8) is 0 Å². The number of carbonyl (C=O) groups excluding carboxylic acids is 2. The van der Waals surface area contributed by atoms with Crippen molar-refractivity contribution < 1.29 is 14.9 Å². The van der Waals surface area contributed by atoms with E-state index in [2.05, 4.69) is 0 Å². The Labute approximate surface area is 128 Å². The van der Waals surface area contributed by atoms with Crippen LogP contribution in [0.4, 0.5) is 0 Å². The lowest BCUT2D eigenvalue weighted by molar-refractivity contribution is -0.530. The van der Waals surface area contributed by atoms with Crippen LogP contribution in [0.3, 0.4) is 0 Å². The van der Waals surface area contributed by atoms with Gasteiger partial charge in [-0.15, -0.1) is 0 Å².